The summed E-state index contributed by atoms with van der Waals surface area (Å²) in [4.78, 5) is 7.42. The van der Waals surface area contributed by atoms with Crippen LogP contribution in [-0.4, -0.2) is 29.5 Å². The molecule has 2 heterocycles. The Balaban J connectivity index is 2.02. The van der Waals surface area contributed by atoms with Crippen LogP contribution in [0.3, 0.4) is 0 Å². The van der Waals surface area contributed by atoms with Gasteiger partial charge in [-0.05, 0) is 81.1 Å². The van der Waals surface area contributed by atoms with Crippen molar-refractivity contribution in [3.8, 4) is 0 Å². The lowest BCUT2D eigenvalue weighted by atomic mass is 9.91. The molecular weight excluding hydrogens is 280 g/mol. The quantitative estimate of drug-likeness (QED) is 0.796. The molecule has 2 heteroatoms. The summed E-state index contributed by atoms with van der Waals surface area (Å²) < 4.78 is 0. The fraction of sp³-hybridized carbons (Fsp3) is 0.667. The molecule has 2 rings (SSSR count). The van der Waals surface area contributed by atoms with E-state index in [0.717, 1.165) is 12.3 Å². The third-order valence-corrected chi connectivity index (χ3v) is 5.00. The molecule has 0 aliphatic carbocycles. The summed E-state index contributed by atoms with van der Waals surface area (Å²) in [6.07, 6.45) is 12.8. The van der Waals surface area contributed by atoms with Crippen LogP contribution < -0.4 is 10.4 Å². The third-order valence-electron chi connectivity index (χ3n) is 5.00. The van der Waals surface area contributed by atoms with Gasteiger partial charge in [-0.25, -0.2) is 0 Å². The summed E-state index contributed by atoms with van der Waals surface area (Å²) in [5.41, 5.74) is 1.34. The Morgan fingerprint density at radius 2 is 2.04 bits per heavy atom. The Hall–Kier alpha value is -1.15. The van der Waals surface area contributed by atoms with Gasteiger partial charge in [-0.2, -0.15) is 0 Å². The summed E-state index contributed by atoms with van der Waals surface area (Å²) in [6, 6.07) is 2.14. The van der Waals surface area contributed by atoms with Gasteiger partial charge in [-0.15, -0.1) is 0 Å². The molecule has 0 radical (unpaired) electrons. The Morgan fingerprint density at radius 3 is 2.65 bits per heavy atom. The van der Waals surface area contributed by atoms with Crippen molar-refractivity contribution in [2.75, 3.05) is 19.6 Å². The SMILES string of the molecule is C/C=c1/ccnc(C2CCN(CCCC(C)C)CC2)/c1=C/CC. The maximum atomic E-state index is 4.77. The standard InChI is InChI=1S/C21H34N2/c1-5-8-20-18(6-2)10-13-22-21(20)19-11-15-23(16-12-19)14-7-9-17(3)4/h6,8,10,13,17,19H,5,7,9,11-12,14-16H2,1-4H3/b18-6-,20-8+. The zero-order valence-electron chi connectivity index (χ0n) is 15.5. The van der Waals surface area contributed by atoms with Crippen LogP contribution in [0.25, 0.3) is 12.2 Å². The van der Waals surface area contributed by atoms with Crippen molar-refractivity contribution < 1.29 is 0 Å². The molecule has 1 fully saturated rings. The van der Waals surface area contributed by atoms with Crippen LogP contribution in [0.1, 0.15) is 71.4 Å². The zero-order valence-corrected chi connectivity index (χ0v) is 15.5. The van der Waals surface area contributed by atoms with Crippen LogP contribution in [0.2, 0.25) is 0 Å². The Labute approximate surface area is 142 Å². The van der Waals surface area contributed by atoms with Gasteiger partial charge in [0.05, 0.1) is 5.69 Å². The van der Waals surface area contributed by atoms with Crippen LogP contribution >= 0.6 is 0 Å². The molecule has 0 unspecified atom stereocenters. The largest absolute Gasteiger partial charge is 0.303 e. The van der Waals surface area contributed by atoms with Crippen LogP contribution in [0.15, 0.2) is 12.3 Å². The van der Waals surface area contributed by atoms with Crippen LogP contribution in [0.4, 0.5) is 0 Å². The van der Waals surface area contributed by atoms with Gasteiger partial charge in [0, 0.05) is 12.1 Å². The second-order valence-corrected chi connectivity index (χ2v) is 7.25. The first-order valence-corrected chi connectivity index (χ1v) is 9.49. The molecule has 1 aromatic heterocycles. The number of hydrogen-bond acceptors (Lipinski definition) is 2. The molecule has 0 N–H and O–H groups in total. The summed E-state index contributed by atoms with van der Waals surface area (Å²) in [5, 5.41) is 2.73. The van der Waals surface area contributed by atoms with E-state index in [-0.39, 0.29) is 0 Å². The van der Waals surface area contributed by atoms with Crippen LogP contribution in [-0.2, 0) is 0 Å². The Bertz CT molecular complexity index is 580. The lowest BCUT2D eigenvalue weighted by Gasteiger charge is -2.32. The van der Waals surface area contributed by atoms with E-state index < -0.39 is 0 Å². The second kappa shape index (κ2) is 9.22. The van der Waals surface area contributed by atoms with E-state index in [1.807, 2.05) is 6.20 Å². The van der Waals surface area contributed by atoms with Crippen molar-refractivity contribution in [1.29, 1.82) is 0 Å². The summed E-state index contributed by atoms with van der Waals surface area (Å²) >= 11 is 0. The van der Waals surface area contributed by atoms with Gasteiger partial charge in [0.15, 0.2) is 0 Å². The minimum Gasteiger partial charge on any atom is -0.303 e. The summed E-state index contributed by atoms with van der Waals surface area (Å²) in [7, 11) is 0. The summed E-state index contributed by atoms with van der Waals surface area (Å²) in [6.45, 7) is 12.7. The molecule has 1 saturated heterocycles. The molecule has 23 heavy (non-hydrogen) atoms. The van der Waals surface area contributed by atoms with Crippen molar-refractivity contribution in [3.05, 3.63) is 28.4 Å². The number of aromatic nitrogens is 1. The number of pyridine rings is 1. The molecule has 2 nitrogen and oxygen atoms in total. The molecule has 0 saturated carbocycles. The normalized spacial score (nSPS) is 19.0. The molecule has 0 bridgehead atoms. The lowest BCUT2D eigenvalue weighted by Crippen LogP contribution is -2.38. The first-order chi connectivity index (χ1) is 11.2. The van der Waals surface area contributed by atoms with Crippen LogP contribution in [0.5, 0.6) is 0 Å². The third kappa shape index (κ3) is 5.17. The molecule has 0 spiro atoms. The fourth-order valence-corrected chi connectivity index (χ4v) is 3.66. The monoisotopic (exact) mass is 314 g/mol. The van der Waals surface area contributed by atoms with Gasteiger partial charge in [0.2, 0.25) is 0 Å². The smallest absolute Gasteiger partial charge is 0.0510 e. The van der Waals surface area contributed by atoms with Crippen LogP contribution in [0, 0.1) is 5.92 Å². The second-order valence-electron chi connectivity index (χ2n) is 7.25. The van der Waals surface area contributed by atoms with Gasteiger partial charge in [-0.1, -0.05) is 32.9 Å². The van der Waals surface area contributed by atoms with E-state index >= 15 is 0 Å². The van der Waals surface area contributed by atoms with Crippen molar-refractivity contribution in [1.82, 2.24) is 9.88 Å². The highest BCUT2D eigenvalue weighted by molar-refractivity contribution is 5.33. The number of rotatable bonds is 6. The molecule has 1 aromatic rings. The van der Waals surface area contributed by atoms with Gasteiger partial charge >= 0.3 is 0 Å². The molecule has 128 valence electrons. The zero-order chi connectivity index (χ0) is 16.7. The maximum Gasteiger partial charge on any atom is 0.0510 e. The van der Waals surface area contributed by atoms with E-state index in [4.69, 9.17) is 4.98 Å². The van der Waals surface area contributed by atoms with E-state index in [9.17, 15) is 0 Å². The molecular formula is C21H34N2. The highest BCUT2D eigenvalue weighted by atomic mass is 15.1. The predicted molar refractivity (Wildman–Crippen MR) is 101 cm³/mol. The molecule has 1 aliphatic heterocycles. The highest BCUT2D eigenvalue weighted by Crippen LogP contribution is 2.24. The maximum absolute atomic E-state index is 4.77. The lowest BCUT2D eigenvalue weighted by molar-refractivity contribution is 0.204. The number of hydrogen-bond donors (Lipinski definition) is 0. The summed E-state index contributed by atoms with van der Waals surface area (Å²) in [5.74, 6) is 1.46. The Kier molecular flexibility index (Phi) is 7.29. The van der Waals surface area contributed by atoms with Crippen molar-refractivity contribution >= 4 is 12.2 Å². The first-order valence-electron chi connectivity index (χ1n) is 9.49. The number of nitrogens with zero attached hydrogens (tertiary/aromatic N) is 2. The van der Waals surface area contributed by atoms with E-state index in [1.165, 1.54) is 61.4 Å². The molecule has 0 atom stereocenters. The predicted octanol–water partition coefficient (Wildman–Crippen LogP) is 3.69. The van der Waals surface area contributed by atoms with Gasteiger partial charge in [0.25, 0.3) is 0 Å². The molecule has 1 aliphatic rings. The number of piperidine rings is 1. The van der Waals surface area contributed by atoms with E-state index in [2.05, 4.69) is 50.8 Å². The molecule has 0 aromatic carbocycles. The minimum atomic E-state index is 0.633. The minimum absolute atomic E-state index is 0.633. The first kappa shape index (κ1) is 18.2. The number of likely N-dealkylation sites (tertiary alicyclic amines) is 1. The van der Waals surface area contributed by atoms with E-state index in [1.54, 1.807) is 0 Å². The van der Waals surface area contributed by atoms with Crippen molar-refractivity contribution in [3.63, 3.8) is 0 Å². The molecule has 0 amide bonds. The van der Waals surface area contributed by atoms with Gasteiger partial charge < -0.3 is 4.90 Å². The van der Waals surface area contributed by atoms with Crippen molar-refractivity contribution in [2.45, 2.75) is 65.7 Å². The van der Waals surface area contributed by atoms with E-state index in [0.29, 0.717) is 5.92 Å². The highest BCUT2D eigenvalue weighted by Gasteiger charge is 2.22. The average molecular weight is 315 g/mol. The average Bonchev–Trinajstić information content (AvgIpc) is 2.56. The van der Waals surface area contributed by atoms with Gasteiger partial charge in [0.1, 0.15) is 0 Å². The topological polar surface area (TPSA) is 16.1 Å². The van der Waals surface area contributed by atoms with Gasteiger partial charge in [-0.3, -0.25) is 4.98 Å². The van der Waals surface area contributed by atoms with Crippen molar-refractivity contribution in [2.24, 2.45) is 5.92 Å². The Morgan fingerprint density at radius 1 is 1.30 bits per heavy atom. The fourth-order valence-electron chi connectivity index (χ4n) is 3.66.